The summed E-state index contributed by atoms with van der Waals surface area (Å²) >= 11 is 3.45. The number of benzene rings is 1. The van der Waals surface area contributed by atoms with Crippen molar-refractivity contribution in [3.05, 3.63) is 39.2 Å². The van der Waals surface area contributed by atoms with Crippen LogP contribution in [0.25, 0.3) is 16.7 Å². The summed E-state index contributed by atoms with van der Waals surface area (Å²) in [6.45, 7) is 5.07. The van der Waals surface area contributed by atoms with Crippen LogP contribution in [0.4, 0.5) is 5.95 Å². The summed E-state index contributed by atoms with van der Waals surface area (Å²) in [6.07, 6.45) is 1.68. The summed E-state index contributed by atoms with van der Waals surface area (Å²) in [5, 5.41) is 4.94. The molecule has 2 aromatic heterocycles. The second-order valence-corrected chi connectivity index (χ2v) is 6.76. The van der Waals surface area contributed by atoms with Crippen molar-refractivity contribution in [3.8, 4) is 11.4 Å². The van der Waals surface area contributed by atoms with Gasteiger partial charge < -0.3 is 14.4 Å². The van der Waals surface area contributed by atoms with Crippen molar-refractivity contribution in [1.82, 2.24) is 19.7 Å². The minimum Gasteiger partial charge on any atom is -0.492 e. The van der Waals surface area contributed by atoms with Gasteiger partial charge in [-0.05, 0) is 25.1 Å². The van der Waals surface area contributed by atoms with Crippen LogP contribution in [0.1, 0.15) is 6.92 Å². The molecule has 0 aliphatic carbocycles. The Morgan fingerprint density at radius 3 is 2.92 bits per heavy atom. The van der Waals surface area contributed by atoms with Gasteiger partial charge in [0.15, 0.2) is 5.65 Å². The number of fused-ring (bicyclic) bond motifs is 1. The van der Waals surface area contributed by atoms with E-state index in [4.69, 9.17) is 9.47 Å². The Kier molecular flexibility index (Phi) is 4.64. The molecule has 26 heavy (non-hydrogen) atoms. The minimum atomic E-state index is -0.210. The molecule has 3 heterocycles. The summed E-state index contributed by atoms with van der Waals surface area (Å²) in [4.78, 5) is 21.9. The Morgan fingerprint density at radius 2 is 2.15 bits per heavy atom. The van der Waals surface area contributed by atoms with Gasteiger partial charge in [-0.25, -0.2) is 4.68 Å². The summed E-state index contributed by atoms with van der Waals surface area (Å²) < 4.78 is 13.6. The lowest BCUT2D eigenvalue weighted by molar-refractivity contribution is 0.122. The molecule has 0 radical (unpaired) electrons. The first-order valence-electron chi connectivity index (χ1n) is 8.41. The highest BCUT2D eigenvalue weighted by Crippen LogP contribution is 2.27. The molecule has 1 fully saturated rings. The molecule has 136 valence electrons. The normalized spacial score (nSPS) is 14.8. The number of morpholine rings is 1. The summed E-state index contributed by atoms with van der Waals surface area (Å²) in [6, 6.07) is 5.67. The lowest BCUT2D eigenvalue weighted by Crippen LogP contribution is -2.38. The molecule has 1 N–H and O–H groups in total. The number of hydrogen-bond donors (Lipinski definition) is 1. The van der Waals surface area contributed by atoms with Crippen molar-refractivity contribution in [2.75, 3.05) is 37.8 Å². The zero-order valence-corrected chi connectivity index (χ0v) is 15.8. The van der Waals surface area contributed by atoms with Gasteiger partial charge in [-0.1, -0.05) is 15.9 Å². The van der Waals surface area contributed by atoms with Crippen LogP contribution in [0.15, 0.2) is 33.7 Å². The Hall–Kier alpha value is -2.39. The third-order valence-corrected chi connectivity index (χ3v) is 4.65. The molecule has 3 aromatic rings. The predicted octanol–water partition coefficient (Wildman–Crippen LogP) is 2.11. The van der Waals surface area contributed by atoms with Crippen molar-refractivity contribution in [2.45, 2.75) is 6.92 Å². The maximum absolute atomic E-state index is 12.5. The molecule has 1 saturated heterocycles. The van der Waals surface area contributed by atoms with Gasteiger partial charge in [-0.15, -0.1) is 5.10 Å². The van der Waals surface area contributed by atoms with Crippen LogP contribution in [0.5, 0.6) is 5.75 Å². The molecule has 0 saturated carbocycles. The van der Waals surface area contributed by atoms with Gasteiger partial charge in [-0.2, -0.15) is 4.98 Å². The second kappa shape index (κ2) is 7.08. The molecular formula is C17H18BrN5O3. The van der Waals surface area contributed by atoms with E-state index in [1.807, 2.05) is 30.0 Å². The van der Waals surface area contributed by atoms with Crippen molar-refractivity contribution in [3.63, 3.8) is 0 Å². The molecule has 1 aliphatic rings. The van der Waals surface area contributed by atoms with Crippen LogP contribution in [0, 0.1) is 0 Å². The molecule has 0 bridgehead atoms. The third-order valence-electron chi connectivity index (χ3n) is 4.16. The van der Waals surface area contributed by atoms with Crippen LogP contribution < -0.4 is 15.2 Å². The van der Waals surface area contributed by atoms with E-state index in [9.17, 15) is 4.79 Å². The molecule has 8 nitrogen and oxygen atoms in total. The van der Waals surface area contributed by atoms with E-state index in [1.165, 1.54) is 0 Å². The molecule has 4 rings (SSSR count). The number of aromatic amines is 1. The van der Waals surface area contributed by atoms with Crippen LogP contribution >= 0.6 is 15.9 Å². The minimum absolute atomic E-state index is 0.210. The van der Waals surface area contributed by atoms with Crippen LogP contribution in [-0.2, 0) is 4.74 Å². The van der Waals surface area contributed by atoms with Gasteiger partial charge in [-0.3, -0.25) is 9.78 Å². The third kappa shape index (κ3) is 3.19. The number of nitrogens with zero attached hydrogens (tertiary/aromatic N) is 4. The predicted molar refractivity (Wildman–Crippen MR) is 101 cm³/mol. The van der Waals surface area contributed by atoms with Crippen LogP contribution in [0.3, 0.4) is 0 Å². The fraction of sp³-hybridized carbons (Fsp3) is 0.353. The Bertz CT molecular complexity index is 994. The Balaban J connectivity index is 1.78. The second-order valence-electron chi connectivity index (χ2n) is 5.84. The monoisotopic (exact) mass is 419 g/mol. The molecule has 0 atom stereocenters. The lowest BCUT2D eigenvalue weighted by atomic mass is 10.3. The summed E-state index contributed by atoms with van der Waals surface area (Å²) in [5.41, 5.74) is 0.943. The van der Waals surface area contributed by atoms with Gasteiger partial charge in [0.05, 0.1) is 19.8 Å². The van der Waals surface area contributed by atoms with E-state index in [2.05, 4.69) is 31.0 Å². The number of aromatic nitrogens is 4. The average Bonchev–Trinajstić information content (AvgIpc) is 3.07. The van der Waals surface area contributed by atoms with Gasteiger partial charge in [0.1, 0.15) is 16.8 Å². The van der Waals surface area contributed by atoms with E-state index in [0.29, 0.717) is 55.6 Å². The van der Waals surface area contributed by atoms with Crippen LogP contribution in [0.2, 0.25) is 0 Å². The molecule has 0 spiro atoms. The smallest absolute Gasteiger partial charge is 0.263 e. The highest BCUT2D eigenvalue weighted by Gasteiger charge is 2.17. The lowest BCUT2D eigenvalue weighted by Gasteiger charge is -2.26. The van der Waals surface area contributed by atoms with E-state index in [-0.39, 0.29) is 5.56 Å². The number of halogens is 1. The maximum Gasteiger partial charge on any atom is 0.263 e. The van der Waals surface area contributed by atoms with Crippen molar-refractivity contribution < 1.29 is 9.47 Å². The fourth-order valence-corrected chi connectivity index (χ4v) is 3.24. The zero-order chi connectivity index (χ0) is 18.1. The van der Waals surface area contributed by atoms with E-state index < -0.39 is 0 Å². The van der Waals surface area contributed by atoms with E-state index in [0.717, 1.165) is 10.2 Å². The maximum atomic E-state index is 12.5. The van der Waals surface area contributed by atoms with Gasteiger partial charge in [0.2, 0.25) is 5.95 Å². The molecule has 0 amide bonds. The molecule has 1 aromatic carbocycles. The van der Waals surface area contributed by atoms with Crippen molar-refractivity contribution >= 4 is 32.9 Å². The fourth-order valence-electron chi connectivity index (χ4n) is 2.90. The number of hydrogen-bond acceptors (Lipinski definition) is 6. The SMILES string of the molecule is CCOc1cc(Br)ccc1-n1cc2c(=O)[nH]c(N3CCOCC3)nc2n1. The summed E-state index contributed by atoms with van der Waals surface area (Å²) in [5.74, 6) is 1.21. The average molecular weight is 420 g/mol. The van der Waals surface area contributed by atoms with Gasteiger partial charge in [0.25, 0.3) is 5.56 Å². The van der Waals surface area contributed by atoms with E-state index >= 15 is 0 Å². The molecule has 0 unspecified atom stereocenters. The first-order chi connectivity index (χ1) is 12.7. The molecule has 9 heteroatoms. The van der Waals surface area contributed by atoms with Gasteiger partial charge >= 0.3 is 0 Å². The zero-order valence-electron chi connectivity index (χ0n) is 14.2. The number of anilines is 1. The Labute approximate surface area is 157 Å². The topological polar surface area (TPSA) is 85.3 Å². The van der Waals surface area contributed by atoms with Gasteiger partial charge in [0, 0.05) is 23.8 Å². The number of rotatable bonds is 4. The number of ether oxygens (including phenoxy) is 2. The highest BCUT2D eigenvalue weighted by molar-refractivity contribution is 9.10. The standard InChI is InChI=1S/C17H18BrN5O3/c1-2-26-14-9-11(18)3-4-13(14)23-10-12-15(21-23)19-17(20-16(12)24)22-5-7-25-8-6-22/h3-4,9-10H,2,5-8H2,1H3,(H,19,20,21,24). The van der Waals surface area contributed by atoms with Crippen LogP contribution in [-0.4, -0.2) is 52.7 Å². The first kappa shape index (κ1) is 17.0. The quantitative estimate of drug-likeness (QED) is 0.696. The van der Waals surface area contributed by atoms with E-state index in [1.54, 1.807) is 10.9 Å². The van der Waals surface area contributed by atoms with Crippen molar-refractivity contribution in [2.24, 2.45) is 0 Å². The first-order valence-corrected chi connectivity index (χ1v) is 9.20. The highest BCUT2D eigenvalue weighted by atomic mass is 79.9. The molecule has 1 aliphatic heterocycles. The summed E-state index contributed by atoms with van der Waals surface area (Å²) in [7, 11) is 0. The van der Waals surface area contributed by atoms with Crippen molar-refractivity contribution in [1.29, 1.82) is 0 Å². The number of nitrogens with one attached hydrogen (secondary N) is 1. The largest absolute Gasteiger partial charge is 0.492 e. The number of H-pyrrole nitrogens is 1. The Morgan fingerprint density at radius 1 is 1.35 bits per heavy atom. The molecular weight excluding hydrogens is 402 g/mol.